The molecule has 1 rings (SSSR count). The van der Waals surface area contributed by atoms with Crippen LogP contribution in [0.25, 0.3) is 0 Å². The Kier molecular flexibility index (Phi) is 13.7. The highest BCUT2D eigenvalue weighted by molar-refractivity contribution is 6.58. The average Bonchev–Trinajstić information content (AvgIpc) is 2.62. The molecule has 2 N–H and O–H groups in total. The Labute approximate surface area is 155 Å². The fraction of sp³-hybridized carbons (Fsp3) is 0.762. The molecule has 25 heavy (non-hydrogen) atoms. The lowest BCUT2D eigenvalue weighted by atomic mass is 9.81. The van der Waals surface area contributed by atoms with Crippen LogP contribution in [0.2, 0.25) is 0 Å². The van der Waals surface area contributed by atoms with Crippen LogP contribution in [-0.2, 0) is 6.54 Å². The maximum Gasteiger partial charge on any atom is 0.488 e. The van der Waals surface area contributed by atoms with Gasteiger partial charge in [-0.3, -0.25) is 0 Å². The van der Waals surface area contributed by atoms with Gasteiger partial charge >= 0.3 is 7.12 Å². The number of pyridine rings is 1. The lowest BCUT2D eigenvalue weighted by Gasteiger charge is -2.03. The summed E-state index contributed by atoms with van der Waals surface area (Å²) < 4.78 is 2.12. The number of hydrogen-bond donors (Lipinski definition) is 2. The van der Waals surface area contributed by atoms with Crippen molar-refractivity contribution in [2.45, 2.75) is 103 Å². The summed E-state index contributed by atoms with van der Waals surface area (Å²) in [5.74, 6) is 0. The van der Waals surface area contributed by atoms with Crippen LogP contribution in [-0.4, -0.2) is 17.2 Å². The van der Waals surface area contributed by atoms with Gasteiger partial charge < -0.3 is 10.0 Å². The van der Waals surface area contributed by atoms with E-state index in [-0.39, 0.29) is 0 Å². The van der Waals surface area contributed by atoms with E-state index in [4.69, 9.17) is 10.0 Å². The van der Waals surface area contributed by atoms with Gasteiger partial charge in [0.1, 0.15) is 6.54 Å². The molecule has 0 saturated heterocycles. The predicted molar refractivity (Wildman–Crippen MR) is 107 cm³/mol. The standard InChI is InChI=1S/C21H39BNO2/c1-2-3-4-5-6-7-8-9-10-11-12-13-14-15-18-23-19-16-21(17-20-23)22(24)25/h16-17,19-20,24-25H,2-15,18H2,1H3/q+1. The van der Waals surface area contributed by atoms with Crippen molar-refractivity contribution in [2.24, 2.45) is 0 Å². The molecule has 0 radical (unpaired) electrons. The van der Waals surface area contributed by atoms with Crippen molar-refractivity contribution in [3.05, 3.63) is 24.5 Å². The van der Waals surface area contributed by atoms with Gasteiger partial charge in [-0.1, -0.05) is 84.0 Å². The van der Waals surface area contributed by atoms with Crippen LogP contribution in [0.3, 0.4) is 0 Å². The molecule has 3 nitrogen and oxygen atoms in total. The van der Waals surface area contributed by atoms with Crippen molar-refractivity contribution < 1.29 is 14.6 Å². The molecule has 0 saturated carbocycles. The quantitative estimate of drug-likeness (QED) is 0.268. The first-order chi connectivity index (χ1) is 12.2. The number of aryl methyl sites for hydroxylation is 1. The highest BCUT2D eigenvalue weighted by Crippen LogP contribution is 2.12. The van der Waals surface area contributed by atoms with E-state index in [1.54, 1.807) is 12.1 Å². The van der Waals surface area contributed by atoms with Crippen LogP contribution >= 0.6 is 0 Å². The van der Waals surface area contributed by atoms with Crippen molar-refractivity contribution in [3.63, 3.8) is 0 Å². The Morgan fingerprint density at radius 2 is 1.08 bits per heavy atom. The van der Waals surface area contributed by atoms with E-state index < -0.39 is 7.12 Å². The van der Waals surface area contributed by atoms with Crippen molar-refractivity contribution in [2.75, 3.05) is 0 Å². The molecule has 0 unspecified atom stereocenters. The predicted octanol–water partition coefficient (Wildman–Crippen LogP) is 4.14. The second kappa shape index (κ2) is 15.4. The van der Waals surface area contributed by atoms with Crippen LogP contribution < -0.4 is 10.0 Å². The molecular weight excluding hydrogens is 309 g/mol. The summed E-state index contributed by atoms with van der Waals surface area (Å²) in [4.78, 5) is 0. The monoisotopic (exact) mass is 348 g/mol. The van der Waals surface area contributed by atoms with Crippen molar-refractivity contribution in [1.29, 1.82) is 0 Å². The Bertz CT molecular complexity index is 409. The van der Waals surface area contributed by atoms with Crippen molar-refractivity contribution in [3.8, 4) is 0 Å². The van der Waals surface area contributed by atoms with E-state index in [1.165, 1.54) is 89.9 Å². The third-order valence-corrected chi connectivity index (χ3v) is 4.98. The van der Waals surface area contributed by atoms with Crippen molar-refractivity contribution >= 4 is 12.6 Å². The minimum atomic E-state index is -1.37. The molecule has 1 aromatic heterocycles. The van der Waals surface area contributed by atoms with Gasteiger partial charge in [0.15, 0.2) is 12.4 Å². The molecule has 0 aliphatic heterocycles. The molecule has 1 aromatic rings. The first-order valence-corrected chi connectivity index (χ1v) is 10.6. The van der Waals surface area contributed by atoms with Gasteiger partial charge in [0.2, 0.25) is 0 Å². The zero-order valence-corrected chi connectivity index (χ0v) is 16.3. The maximum absolute atomic E-state index is 9.07. The molecule has 0 atom stereocenters. The first kappa shape index (κ1) is 22.2. The lowest BCUT2D eigenvalue weighted by molar-refractivity contribution is -0.697. The van der Waals surface area contributed by atoms with Gasteiger partial charge in [-0.05, 0) is 11.9 Å². The van der Waals surface area contributed by atoms with E-state index >= 15 is 0 Å². The number of unbranched alkanes of at least 4 members (excludes halogenated alkanes) is 13. The second-order valence-corrected chi connectivity index (χ2v) is 7.34. The van der Waals surface area contributed by atoms with Gasteiger partial charge in [0.05, 0.1) is 0 Å². The van der Waals surface area contributed by atoms with Gasteiger partial charge in [0, 0.05) is 18.6 Å². The topological polar surface area (TPSA) is 44.3 Å². The Balaban J connectivity index is 1.84. The highest BCUT2D eigenvalue weighted by atomic mass is 16.4. The third-order valence-electron chi connectivity index (χ3n) is 4.98. The van der Waals surface area contributed by atoms with Crippen LogP contribution in [0.5, 0.6) is 0 Å². The second-order valence-electron chi connectivity index (χ2n) is 7.34. The van der Waals surface area contributed by atoms with E-state index in [1.807, 2.05) is 12.4 Å². The van der Waals surface area contributed by atoms with E-state index in [9.17, 15) is 0 Å². The molecule has 0 amide bonds. The zero-order chi connectivity index (χ0) is 18.2. The largest absolute Gasteiger partial charge is 0.488 e. The number of rotatable bonds is 16. The summed E-state index contributed by atoms with van der Waals surface area (Å²) in [6, 6.07) is 3.54. The minimum Gasteiger partial charge on any atom is -0.423 e. The maximum atomic E-state index is 9.07. The first-order valence-electron chi connectivity index (χ1n) is 10.6. The van der Waals surface area contributed by atoms with Gasteiger partial charge in [-0.25, -0.2) is 4.57 Å². The number of aromatic nitrogens is 1. The van der Waals surface area contributed by atoms with E-state index in [0.717, 1.165) is 6.54 Å². The molecule has 0 spiro atoms. The molecule has 0 aliphatic rings. The SMILES string of the molecule is CCCCCCCCCCCCCCCC[n+]1ccc(B(O)O)cc1. The molecule has 0 aliphatic carbocycles. The molecule has 4 heteroatoms. The smallest absolute Gasteiger partial charge is 0.423 e. The summed E-state index contributed by atoms with van der Waals surface area (Å²) in [6.45, 7) is 3.29. The molecule has 1 heterocycles. The molecule has 142 valence electrons. The van der Waals surface area contributed by atoms with Gasteiger partial charge in [-0.15, -0.1) is 0 Å². The fourth-order valence-corrected chi connectivity index (χ4v) is 3.28. The Morgan fingerprint density at radius 3 is 1.48 bits per heavy atom. The summed E-state index contributed by atoms with van der Waals surface area (Å²) >= 11 is 0. The zero-order valence-electron chi connectivity index (χ0n) is 16.3. The fourth-order valence-electron chi connectivity index (χ4n) is 3.28. The van der Waals surface area contributed by atoms with Gasteiger partial charge in [-0.2, -0.15) is 0 Å². The molecule has 0 fully saturated rings. The Hall–Kier alpha value is -0.865. The third kappa shape index (κ3) is 12.2. The van der Waals surface area contributed by atoms with E-state index in [2.05, 4.69) is 11.5 Å². The lowest BCUT2D eigenvalue weighted by Crippen LogP contribution is -2.38. The van der Waals surface area contributed by atoms with Crippen LogP contribution in [0, 0.1) is 0 Å². The average molecular weight is 348 g/mol. The van der Waals surface area contributed by atoms with Crippen LogP contribution in [0.15, 0.2) is 24.5 Å². The summed E-state index contributed by atoms with van der Waals surface area (Å²) in [5.41, 5.74) is 0.553. The van der Waals surface area contributed by atoms with E-state index in [0.29, 0.717) is 5.46 Å². The summed E-state index contributed by atoms with van der Waals surface area (Å²) in [5, 5.41) is 18.1. The number of hydrogen-bond acceptors (Lipinski definition) is 2. The van der Waals surface area contributed by atoms with Gasteiger partial charge in [0.25, 0.3) is 0 Å². The Morgan fingerprint density at radius 1 is 0.680 bits per heavy atom. The van der Waals surface area contributed by atoms with Crippen LogP contribution in [0.4, 0.5) is 0 Å². The van der Waals surface area contributed by atoms with Crippen LogP contribution in [0.1, 0.15) is 96.8 Å². The van der Waals surface area contributed by atoms with Crippen molar-refractivity contribution in [1.82, 2.24) is 0 Å². The highest BCUT2D eigenvalue weighted by Gasteiger charge is 2.11. The minimum absolute atomic E-state index is 0.553. The molecule has 0 aromatic carbocycles. The summed E-state index contributed by atoms with van der Waals surface area (Å²) in [7, 11) is -1.37. The molecule has 0 bridgehead atoms. The normalized spacial score (nSPS) is 11.0. The summed E-state index contributed by atoms with van der Waals surface area (Å²) in [6.07, 6.45) is 23.2. The number of nitrogens with zero attached hydrogens (tertiary/aromatic N) is 1. The molecular formula is C21H39BNO2+.